The van der Waals surface area contributed by atoms with E-state index in [1.165, 1.54) is 60.8 Å². The Balaban J connectivity index is 1.83. The summed E-state index contributed by atoms with van der Waals surface area (Å²) in [6, 6.07) is 28.3. The van der Waals surface area contributed by atoms with Gasteiger partial charge in [-0.2, -0.15) is 0 Å². The van der Waals surface area contributed by atoms with Gasteiger partial charge in [0.05, 0.1) is 0 Å². The summed E-state index contributed by atoms with van der Waals surface area (Å²) in [5.74, 6) is 0. The van der Waals surface area contributed by atoms with Crippen molar-refractivity contribution in [3.05, 3.63) is 103 Å². The van der Waals surface area contributed by atoms with Crippen LogP contribution in [-0.4, -0.2) is 0 Å². The van der Waals surface area contributed by atoms with E-state index in [0.717, 1.165) is 29.9 Å². The number of anilines is 3. The molecule has 1 nitrogen and oxygen atoms in total. The fourth-order valence-electron chi connectivity index (χ4n) is 4.18. The van der Waals surface area contributed by atoms with Crippen LogP contribution in [0.25, 0.3) is 11.1 Å². The molecule has 0 saturated heterocycles. The van der Waals surface area contributed by atoms with Gasteiger partial charge in [0.2, 0.25) is 0 Å². The largest absolute Gasteiger partial charge is 0.311 e. The zero-order chi connectivity index (χ0) is 23.5. The van der Waals surface area contributed by atoms with E-state index in [-0.39, 0.29) is 0 Å². The molecule has 0 radical (unpaired) electrons. The molecule has 0 N–H and O–H groups in total. The highest BCUT2D eigenvalue weighted by atomic mass is 15.1. The monoisotopic (exact) mass is 437 g/mol. The summed E-state index contributed by atoms with van der Waals surface area (Å²) in [6.07, 6.45) is 9.57. The topological polar surface area (TPSA) is 3.24 Å². The third-order valence-electron chi connectivity index (χ3n) is 6.25. The average molecular weight is 438 g/mol. The molecule has 0 aliphatic rings. The van der Waals surface area contributed by atoms with Crippen LogP contribution in [0.4, 0.5) is 17.1 Å². The number of unbranched alkanes of at least 4 members (excludes halogenated alkanes) is 4. The second-order valence-corrected chi connectivity index (χ2v) is 8.89. The average Bonchev–Trinajstić information content (AvgIpc) is 2.86. The minimum atomic E-state index is 1.07. The minimum absolute atomic E-state index is 1.07. The minimum Gasteiger partial charge on any atom is -0.311 e. The molecule has 0 amide bonds. The normalized spacial score (nSPS) is 10.7. The van der Waals surface area contributed by atoms with Crippen LogP contribution < -0.4 is 4.90 Å². The highest BCUT2D eigenvalue weighted by Crippen LogP contribution is 2.36. The Morgan fingerprint density at radius 2 is 0.939 bits per heavy atom. The molecule has 0 unspecified atom stereocenters. The summed E-state index contributed by atoms with van der Waals surface area (Å²) < 4.78 is 0. The van der Waals surface area contributed by atoms with Gasteiger partial charge in [-0.3, -0.25) is 0 Å². The number of hydrogen-bond acceptors (Lipinski definition) is 1. The highest BCUT2D eigenvalue weighted by Gasteiger charge is 2.13. The van der Waals surface area contributed by atoms with Crippen LogP contribution >= 0.6 is 0 Å². The van der Waals surface area contributed by atoms with E-state index in [9.17, 15) is 0 Å². The lowest BCUT2D eigenvalue weighted by Gasteiger charge is -2.26. The van der Waals surface area contributed by atoms with Gasteiger partial charge in [0.15, 0.2) is 0 Å². The van der Waals surface area contributed by atoms with Crippen molar-refractivity contribution in [3.63, 3.8) is 0 Å². The molecule has 0 aliphatic heterocycles. The quantitative estimate of drug-likeness (QED) is 0.240. The first-order valence-electron chi connectivity index (χ1n) is 12.6. The molecule has 3 aromatic rings. The molecule has 172 valence electrons. The van der Waals surface area contributed by atoms with E-state index < -0.39 is 0 Å². The molecular formula is C32H39N. The smallest absolute Gasteiger partial charge is 0.0462 e. The molecule has 1 heteroatoms. The Labute approximate surface area is 201 Å². The van der Waals surface area contributed by atoms with Crippen LogP contribution in [0.1, 0.15) is 76.3 Å². The van der Waals surface area contributed by atoms with E-state index in [2.05, 4.69) is 111 Å². The molecule has 0 heterocycles. The Bertz CT molecular complexity index is 931. The molecular weight excluding hydrogens is 398 g/mol. The van der Waals surface area contributed by atoms with E-state index in [1.54, 1.807) is 0 Å². The second-order valence-electron chi connectivity index (χ2n) is 8.89. The maximum atomic E-state index is 4.32. The molecule has 0 bridgehead atoms. The van der Waals surface area contributed by atoms with Crippen LogP contribution in [0.2, 0.25) is 0 Å². The molecule has 0 aliphatic carbocycles. The second kappa shape index (κ2) is 12.8. The fourth-order valence-corrected chi connectivity index (χ4v) is 4.18. The number of allylic oxidation sites excluding steroid dienone is 2. The maximum Gasteiger partial charge on any atom is 0.0462 e. The molecule has 0 fully saturated rings. The third-order valence-corrected chi connectivity index (χ3v) is 6.25. The van der Waals surface area contributed by atoms with E-state index in [1.807, 2.05) is 0 Å². The molecule has 33 heavy (non-hydrogen) atoms. The Hall–Kier alpha value is -3.06. The lowest BCUT2D eigenvalue weighted by Crippen LogP contribution is -2.09. The number of nitrogens with zero attached hydrogens (tertiary/aromatic N) is 1. The first-order chi connectivity index (χ1) is 16.1. The van der Waals surface area contributed by atoms with Crippen molar-refractivity contribution in [1.82, 2.24) is 0 Å². The molecule has 0 atom stereocenters. The van der Waals surface area contributed by atoms with E-state index >= 15 is 0 Å². The van der Waals surface area contributed by atoms with Crippen molar-refractivity contribution in [2.24, 2.45) is 0 Å². The molecule has 0 saturated carbocycles. The van der Waals surface area contributed by atoms with Crippen LogP contribution in [-0.2, 0) is 0 Å². The summed E-state index contributed by atoms with van der Waals surface area (Å²) >= 11 is 0. The summed E-state index contributed by atoms with van der Waals surface area (Å²) in [6.45, 7) is 13.1. The van der Waals surface area contributed by atoms with Gasteiger partial charge in [-0.25, -0.2) is 0 Å². The van der Waals surface area contributed by atoms with Crippen molar-refractivity contribution in [2.75, 3.05) is 4.90 Å². The first-order valence-corrected chi connectivity index (χ1v) is 12.6. The van der Waals surface area contributed by atoms with Gasteiger partial charge in [0, 0.05) is 17.1 Å². The van der Waals surface area contributed by atoms with Gasteiger partial charge < -0.3 is 4.90 Å². The summed E-state index contributed by atoms with van der Waals surface area (Å²) in [5, 5.41) is 0. The number of hydrogen-bond donors (Lipinski definition) is 0. The predicted molar refractivity (Wildman–Crippen MR) is 147 cm³/mol. The van der Waals surface area contributed by atoms with Gasteiger partial charge in [0.25, 0.3) is 0 Å². The van der Waals surface area contributed by atoms with Gasteiger partial charge in [0.1, 0.15) is 0 Å². The van der Waals surface area contributed by atoms with Crippen molar-refractivity contribution in [3.8, 4) is 0 Å². The number of rotatable bonds is 13. The lowest BCUT2D eigenvalue weighted by atomic mass is 10.00. The fraction of sp³-hybridized carbons (Fsp3) is 0.312. The Morgan fingerprint density at radius 3 is 1.33 bits per heavy atom. The number of benzene rings is 3. The Morgan fingerprint density at radius 1 is 0.545 bits per heavy atom. The van der Waals surface area contributed by atoms with Crippen molar-refractivity contribution in [1.29, 1.82) is 0 Å². The molecule has 0 spiro atoms. The summed E-state index contributed by atoms with van der Waals surface area (Å²) in [4.78, 5) is 2.31. The van der Waals surface area contributed by atoms with Crippen molar-refractivity contribution in [2.45, 2.75) is 65.2 Å². The van der Waals surface area contributed by atoms with Crippen LogP contribution in [0.3, 0.4) is 0 Å². The SMILES string of the molecule is C=C(CCCCC)c1ccc(N(c2ccccc2)c2ccc(C(=C)CCCCC)cc2)cc1. The molecule has 0 aromatic heterocycles. The standard InChI is InChI=1S/C32H39N/c1-5-7-10-14-26(3)28-18-22-31(23-19-28)33(30-16-12-9-13-17-30)32-24-20-29(21-25-32)27(4)15-11-8-6-2/h9,12-13,16-25H,3-8,10-11,14-15H2,1-2H3. The Kier molecular flexibility index (Phi) is 9.57. The maximum absolute atomic E-state index is 4.32. The summed E-state index contributed by atoms with van der Waals surface area (Å²) in [5.41, 5.74) is 8.39. The number of para-hydroxylation sites is 1. The zero-order valence-electron chi connectivity index (χ0n) is 20.5. The van der Waals surface area contributed by atoms with E-state index in [4.69, 9.17) is 0 Å². The molecule has 3 aromatic carbocycles. The van der Waals surface area contributed by atoms with Gasteiger partial charge >= 0.3 is 0 Å². The van der Waals surface area contributed by atoms with Gasteiger partial charge in [-0.05, 0) is 84.4 Å². The van der Waals surface area contributed by atoms with Crippen LogP contribution in [0, 0.1) is 0 Å². The first kappa shape index (κ1) is 24.6. The van der Waals surface area contributed by atoms with Gasteiger partial charge in [-0.1, -0.05) is 95.2 Å². The van der Waals surface area contributed by atoms with Gasteiger partial charge in [-0.15, -0.1) is 0 Å². The van der Waals surface area contributed by atoms with E-state index in [0.29, 0.717) is 0 Å². The lowest BCUT2D eigenvalue weighted by molar-refractivity contribution is 0.736. The third kappa shape index (κ3) is 6.96. The van der Waals surface area contributed by atoms with Crippen LogP contribution in [0.15, 0.2) is 92.0 Å². The van der Waals surface area contributed by atoms with Crippen molar-refractivity contribution < 1.29 is 0 Å². The molecule has 3 rings (SSSR count). The zero-order valence-corrected chi connectivity index (χ0v) is 20.5. The highest BCUT2D eigenvalue weighted by molar-refractivity contribution is 5.78. The van der Waals surface area contributed by atoms with Crippen molar-refractivity contribution >= 4 is 28.2 Å². The van der Waals surface area contributed by atoms with Crippen LogP contribution in [0.5, 0.6) is 0 Å². The summed E-state index contributed by atoms with van der Waals surface area (Å²) in [7, 11) is 0. The predicted octanol–water partition coefficient (Wildman–Crippen LogP) is 10.3.